The number of fused-ring (bicyclic) bond motifs is 1. The SMILES string of the molecule is CC(CS(=O)(=O)C(C)(C)C(=N)N)c1cc(Nc2ncnc3cc(Cl)cnc23)ccc1F. The fourth-order valence-corrected chi connectivity index (χ4v) is 4.68. The van der Waals surface area contributed by atoms with Gasteiger partial charge in [-0.2, -0.15) is 0 Å². The van der Waals surface area contributed by atoms with Crippen molar-refractivity contribution in [3.63, 3.8) is 0 Å². The second kappa shape index (κ2) is 8.35. The maximum absolute atomic E-state index is 14.5. The first-order chi connectivity index (χ1) is 14.4. The van der Waals surface area contributed by atoms with Crippen LogP contribution in [0, 0.1) is 11.2 Å². The molecule has 0 amide bonds. The summed E-state index contributed by atoms with van der Waals surface area (Å²) in [6.45, 7) is 4.34. The number of aromatic nitrogens is 3. The average molecular weight is 465 g/mol. The van der Waals surface area contributed by atoms with Crippen LogP contribution >= 0.6 is 11.6 Å². The Labute approximate surface area is 184 Å². The van der Waals surface area contributed by atoms with Crippen molar-refractivity contribution in [3.05, 3.63) is 53.2 Å². The molecule has 0 saturated carbocycles. The molecule has 0 aliphatic rings. The number of hydrogen-bond donors (Lipinski definition) is 3. The van der Waals surface area contributed by atoms with Crippen LogP contribution in [0.3, 0.4) is 0 Å². The van der Waals surface area contributed by atoms with Crippen molar-refractivity contribution in [2.45, 2.75) is 31.4 Å². The Morgan fingerprint density at radius 2 is 2.00 bits per heavy atom. The Hall–Kier alpha value is -2.85. The molecule has 3 rings (SSSR count). The lowest BCUT2D eigenvalue weighted by Gasteiger charge is -2.25. The molecule has 164 valence electrons. The van der Waals surface area contributed by atoms with E-state index in [-0.39, 0.29) is 11.3 Å². The van der Waals surface area contributed by atoms with E-state index in [1.54, 1.807) is 13.0 Å². The minimum Gasteiger partial charge on any atom is -0.386 e. The highest BCUT2D eigenvalue weighted by Crippen LogP contribution is 2.30. The summed E-state index contributed by atoms with van der Waals surface area (Å²) in [5.41, 5.74) is 7.20. The average Bonchev–Trinajstić information content (AvgIpc) is 2.68. The minimum atomic E-state index is -3.81. The molecule has 1 unspecified atom stereocenters. The predicted octanol–water partition coefficient (Wildman–Crippen LogP) is 3.79. The molecule has 0 radical (unpaired) electrons. The third kappa shape index (κ3) is 4.59. The lowest BCUT2D eigenvalue weighted by Crippen LogP contribution is -2.46. The van der Waals surface area contributed by atoms with Crippen LogP contribution in [-0.4, -0.2) is 39.7 Å². The molecule has 2 aromatic heterocycles. The van der Waals surface area contributed by atoms with Gasteiger partial charge in [0.05, 0.1) is 16.3 Å². The molecule has 0 aliphatic carbocycles. The van der Waals surface area contributed by atoms with Gasteiger partial charge in [0.25, 0.3) is 0 Å². The number of hydrogen-bond acceptors (Lipinski definition) is 7. The molecule has 1 atom stereocenters. The summed E-state index contributed by atoms with van der Waals surface area (Å²) < 4.78 is 38.5. The lowest BCUT2D eigenvalue weighted by atomic mass is 10.0. The Morgan fingerprint density at radius 3 is 2.68 bits per heavy atom. The minimum absolute atomic E-state index is 0.210. The zero-order valence-corrected chi connectivity index (χ0v) is 18.7. The molecule has 0 fully saturated rings. The number of nitrogens with zero attached hydrogens (tertiary/aromatic N) is 3. The van der Waals surface area contributed by atoms with E-state index in [0.29, 0.717) is 27.6 Å². The van der Waals surface area contributed by atoms with E-state index >= 15 is 0 Å². The van der Waals surface area contributed by atoms with E-state index in [1.807, 2.05) is 0 Å². The number of amidine groups is 1. The zero-order chi connectivity index (χ0) is 23.0. The van der Waals surface area contributed by atoms with Crippen LogP contribution in [0.2, 0.25) is 5.02 Å². The van der Waals surface area contributed by atoms with Crippen molar-refractivity contribution in [3.8, 4) is 0 Å². The number of halogens is 2. The topological polar surface area (TPSA) is 135 Å². The van der Waals surface area contributed by atoms with Crippen molar-refractivity contribution in [2.24, 2.45) is 5.73 Å². The van der Waals surface area contributed by atoms with E-state index < -0.39 is 32.2 Å². The van der Waals surface area contributed by atoms with E-state index in [4.69, 9.17) is 22.7 Å². The third-order valence-electron chi connectivity index (χ3n) is 5.13. The summed E-state index contributed by atoms with van der Waals surface area (Å²) >= 11 is 5.95. The first kappa shape index (κ1) is 22.8. The molecule has 11 heteroatoms. The monoisotopic (exact) mass is 464 g/mol. The maximum Gasteiger partial charge on any atom is 0.163 e. The van der Waals surface area contributed by atoms with Gasteiger partial charge in [-0.25, -0.2) is 27.8 Å². The van der Waals surface area contributed by atoms with Crippen LogP contribution < -0.4 is 11.1 Å². The summed E-state index contributed by atoms with van der Waals surface area (Å²) in [4.78, 5) is 12.6. The number of nitrogens with two attached hydrogens (primary N) is 1. The van der Waals surface area contributed by atoms with Gasteiger partial charge in [0.1, 0.15) is 28.2 Å². The summed E-state index contributed by atoms with van der Waals surface area (Å²) in [6.07, 6.45) is 2.82. The number of sulfone groups is 1. The maximum atomic E-state index is 14.5. The Balaban J connectivity index is 1.92. The highest BCUT2D eigenvalue weighted by Gasteiger charge is 2.38. The molecular formula is C20H22ClFN6O2S. The molecule has 0 spiro atoms. The van der Waals surface area contributed by atoms with Gasteiger partial charge in [-0.3, -0.25) is 5.41 Å². The first-order valence-electron chi connectivity index (χ1n) is 9.32. The van der Waals surface area contributed by atoms with Crippen LogP contribution in [0.25, 0.3) is 11.0 Å². The highest BCUT2D eigenvalue weighted by atomic mass is 35.5. The molecular weight excluding hydrogens is 443 g/mol. The van der Waals surface area contributed by atoms with Gasteiger partial charge in [0.2, 0.25) is 0 Å². The quantitative estimate of drug-likeness (QED) is 0.357. The number of benzene rings is 1. The summed E-state index contributed by atoms with van der Waals surface area (Å²) in [6, 6.07) is 5.95. The van der Waals surface area contributed by atoms with Gasteiger partial charge in [-0.05, 0) is 49.6 Å². The third-order valence-corrected chi connectivity index (χ3v) is 8.05. The number of anilines is 2. The van der Waals surface area contributed by atoms with Crippen LogP contribution in [0.4, 0.5) is 15.9 Å². The molecule has 31 heavy (non-hydrogen) atoms. The van der Waals surface area contributed by atoms with Crippen LogP contribution in [0.5, 0.6) is 0 Å². The van der Waals surface area contributed by atoms with Gasteiger partial charge < -0.3 is 11.1 Å². The van der Waals surface area contributed by atoms with Gasteiger partial charge in [0, 0.05) is 11.9 Å². The summed E-state index contributed by atoms with van der Waals surface area (Å²) in [5.74, 6) is -1.64. The predicted molar refractivity (Wildman–Crippen MR) is 120 cm³/mol. The molecule has 1 aromatic carbocycles. The van der Waals surface area contributed by atoms with Crippen molar-refractivity contribution in [2.75, 3.05) is 11.1 Å². The van der Waals surface area contributed by atoms with Crippen molar-refractivity contribution < 1.29 is 12.8 Å². The first-order valence-corrected chi connectivity index (χ1v) is 11.3. The number of nitrogens with one attached hydrogen (secondary N) is 2. The van der Waals surface area contributed by atoms with E-state index in [9.17, 15) is 12.8 Å². The summed E-state index contributed by atoms with van der Waals surface area (Å²) in [7, 11) is -3.81. The highest BCUT2D eigenvalue weighted by molar-refractivity contribution is 7.93. The molecule has 0 aliphatic heterocycles. The van der Waals surface area contributed by atoms with Crippen molar-refractivity contribution in [1.82, 2.24) is 15.0 Å². The molecule has 2 heterocycles. The van der Waals surface area contributed by atoms with Gasteiger partial charge in [-0.1, -0.05) is 18.5 Å². The van der Waals surface area contributed by atoms with Crippen LogP contribution in [0.15, 0.2) is 36.8 Å². The normalized spacial score (nSPS) is 13.2. The molecule has 0 bridgehead atoms. The molecule has 8 nitrogen and oxygen atoms in total. The summed E-state index contributed by atoms with van der Waals surface area (Å²) in [5, 5.41) is 11.1. The Kier molecular flexibility index (Phi) is 6.15. The molecule has 3 aromatic rings. The largest absolute Gasteiger partial charge is 0.386 e. The van der Waals surface area contributed by atoms with Gasteiger partial charge in [0.15, 0.2) is 15.7 Å². The van der Waals surface area contributed by atoms with Crippen LogP contribution in [0.1, 0.15) is 32.3 Å². The fourth-order valence-electron chi connectivity index (χ4n) is 2.94. The smallest absolute Gasteiger partial charge is 0.163 e. The fraction of sp³-hybridized carbons (Fsp3) is 0.300. The van der Waals surface area contributed by atoms with Gasteiger partial charge in [-0.15, -0.1) is 0 Å². The Morgan fingerprint density at radius 1 is 1.29 bits per heavy atom. The van der Waals surface area contributed by atoms with Crippen molar-refractivity contribution in [1.29, 1.82) is 5.41 Å². The van der Waals surface area contributed by atoms with E-state index in [1.165, 1.54) is 44.6 Å². The van der Waals surface area contributed by atoms with E-state index in [2.05, 4.69) is 20.3 Å². The molecule has 0 saturated heterocycles. The number of pyridine rings is 1. The zero-order valence-electron chi connectivity index (χ0n) is 17.1. The van der Waals surface area contributed by atoms with Gasteiger partial charge >= 0.3 is 0 Å². The molecule has 4 N–H and O–H groups in total. The van der Waals surface area contributed by atoms with Crippen molar-refractivity contribution >= 4 is 49.8 Å². The second-order valence-electron chi connectivity index (χ2n) is 7.71. The second-order valence-corrected chi connectivity index (χ2v) is 10.7. The van der Waals surface area contributed by atoms with Crippen LogP contribution in [-0.2, 0) is 9.84 Å². The Bertz CT molecular complexity index is 1270. The number of rotatable bonds is 7. The lowest BCUT2D eigenvalue weighted by molar-refractivity contribution is 0.564. The standard InChI is InChI=1S/C20H22ClFN6O2S/c1-11(9-31(29,30)20(2,3)19(23)24)14-7-13(4-5-15(14)22)28-18-17-16(26-10-27-18)6-12(21)8-25-17/h4-8,10-11H,9H2,1-3H3,(H3,23,24)(H,26,27,28). The van der Waals surface area contributed by atoms with E-state index in [0.717, 1.165) is 0 Å².